The molecule has 2 heteroatoms. The standard InChI is InChI=1S/C18H28FN/c1-13(14-8-7-9-15(19)12-14)20-17-11-6-5-10-16(17)18(2,3)4/h7-9,12-13,16-17,20H,5-6,10-11H2,1-4H3. The Morgan fingerprint density at radius 3 is 2.55 bits per heavy atom. The lowest BCUT2D eigenvalue weighted by molar-refractivity contribution is 0.124. The maximum absolute atomic E-state index is 13.3. The highest BCUT2D eigenvalue weighted by Gasteiger charge is 2.34. The van der Waals surface area contributed by atoms with Gasteiger partial charge >= 0.3 is 0 Å². The predicted octanol–water partition coefficient (Wildman–Crippen LogP) is 5.08. The number of halogens is 1. The normalized spacial score (nSPS) is 25.4. The first-order chi connectivity index (χ1) is 9.38. The van der Waals surface area contributed by atoms with Crippen LogP contribution in [-0.4, -0.2) is 6.04 Å². The maximum atomic E-state index is 13.3. The van der Waals surface area contributed by atoms with Crippen LogP contribution in [0.25, 0.3) is 0 Å². The molecule has 1 aliphatic carbocycles. The molecule has 0 radical (unpaired) electrons. The number of hydrogen-bond donors (Lipinski definition) is 1. The molecule has 1 nitrogen and oxygen atoms in total. The zero-order valence-corrected chi connectivity index (χ0v) is 13.2. The van der Waals surface area contributed by atoms with Gasteiger partial charge in [-0.2, -0.15) is 0 Å². The van der Waals surface area contributed by atoms with Gasteiger partial charge in [0.1, 0.15) is 5.82 Å². The van der Waals surface area contributed by atoms with Gasteiger partial charge in [0, 0.05) is 12.1 Å². The Bertz CT molecular complexity index is 435. The van der Waals surface area contributed by atoms with E-state index in [-0.39, 0.29) is 11.9 Å². The molecule has 3 unspecified atom stereocenters. The maximum Gasteiger partial charge on any atom is 0.123 e. The van der Waals surface area contributed by atoms with Crippen LogP contribution in [0, 0.1) is 17.2 Å². The minimum Gasteiger partial charge on any atom is -0.307 e. The fourth-order valence-corrected chi connectivity index (χ4v) is 3.56. The third kappa shape index (κ3) is 3.82. The minimum absolute atomic E-state index is 0.146. The summed E-state index contributed by atoms with van der Waals surface area (Å²) in [7, 11) is 0. The number of hydrogen-bond acceptors (Lipinski definition) is 1. The van der Waals surface area contributed by atoms with Crippen molar-refractivity contribution in [3.63, 3.8) is 0 Å². The molecular formula is C18H28FN. The first kappa shape index (κ1) is 15.5. The molecule has 1 N–H and O–H groups in total. The van der Waals surface area contributed by atoms with Gasteiger partial charge in [-0.15, -0.1) is 0 Å². The Kier molecular flexibility index (Phi) is 4.85. The van der Waals surface area contributed by atoms with E-state index in [0.717, 1.165) is 5.56 Å². The molecule has 0 heterocycles. The molecule has 0 amide bonds. The number of benzene rings is 1. The largest absolute Gasteiger partial charge is 0.307 e. The van der Waals surface area contributed by atoms with Crippen LogP contribution >= 0.6 is 0 Å². The zero-order valence-electron chi connectivity index (χ0n) is 13.2. The van der Waals surface area contributed by atoms with Crippen LogP contribution < -0.4 is 5.32 Å². The van der Waals surface area contributed by atoms with Gasteiger partial charge in [0.05, 0.1) is 0 Å². The van der Waals surface area contributed by atoms with E-state index in [1.165, 1.54) is 31.7 Å². The highest BCUT2D eigenvalue weighted by molar-refractivity contribution is 5.19. The molecular weight excluding hydrogens is 249 g/mol. The molecule has 2 rings (SSSR count). The second-order valence-electron chi connectivity index (χ2n) is 7.31. The first-order valence-corrected chi connectivity index (χ1v) is 7.89. The predicted molar refractivity (Wildman–Crippen MR) is 83.2 cm³/mol. The third-order valence-electron chi connectivity index (χ3n) is 4.69. The lowest BCUT2D eigenvalue weighted by atomic mass is 9.69. The first-order valence-electron chi connectivity index (χ1n) is 7.89. The summed E-state index contributed by atoms with van der Waals surface area (Å²) in [5, 5.41) is 3.75. The van der Waals surface area contributed by atoms with E-state index in [0.29, 0.717) is 17.4 Å². The lowest BCUT2D eigenvalue weighted by Gasteiger charge is -2.42. The van der Waals surface area contributed by atoms with Crippen molar-refractivity contribution in [1.29, 1.82) is 0 Å². The van der Waals surface area contributed by atoms with Gasteiger partial charge in [0.15, 0.2) is 0 Å². The van der Waals surface area contributed by atoms with Gasteiger partial charge in [-0.1, -0.05) is 45.7 Å². The van der Waals surface area contributed by atoms with E-state index in [1.807, 2.05) is 6.07 Å². The average molecular weight is 277 g/mol. The summed E-state index contributed by atoms with van der Waals surface area (Å²) in [6, 6.07) is 7.71. The summed E-state index contributed by atoms with van der Waals surface area (Å²) >= 11 is 0. The quantitative estimate of drug-likeness (QED) is 0.812. The SMILES string of the molecule is CC(NC1CCCCC1C(C)(C)C)c1cccc(F)c1. The van der Waals surface area contributed by atoms with Crippen molar-refractivity contribution in [3.8, 4) is 0 Å². The third-order valence-corrected chi connectivity index (χ3v) is 4.69. The van der Waals surface area contributed by atoms with Gasteiger partial charge in [0.25, 0.3) is 0 Å². The second-order valence-corrected chi connectivity index (χ2v) is 7.31. The van der Waals surface area contributed by atoms with Gasteiger partial charge in [0.2, 0.25) is 0 Å². The van der Waals surface area contributed by atoms with E-state index in [9.17, 15) is 4.39 Å². The minimum atomic E-state index is -0.146. The Balaban J connectivity index is 2.07. The summed E-state index contributed by atoms with van der Waals surface area (Å²) < 4.78 is 13.3. The van der Waals surface area contributed by atoms with Crippen molar-refractivity contribution >= 4 is 0 Å². The van der Waals surface area contributed by atoms with E-state index >= 15 is 0 Å². The van der Waals surface area contributed by atoms with Crippen molar-refractivity contribution in [3.05, 3.63) is 35.6 Å². The van der Waals surface area contributed by atoms with E-state index in [4.69, 9.17) is 0 Å². The van der Waals surface area contributed by atoms with Crippen LogP contribution in [0.3, 0.4) is 0 Å². The molecule has 1 aromatic rings. The molecule has 0 aromatic heterocycles. The molecule has 0 saturated heterocycles. The lowest BCUT2D eigenvalue weighted by Crippen LogP contribution is -2.45. The van der Waals surface area contributed by atoms with Crippen LogP contribution in [0.1, 0.15) is 65.0 Å². The fourth-order valence-electron chi connectivity index (χ4n) is 3.56. The van der Waals surface area contributed by atoms with Crippen molar-refractivity contribution in [1.82, 2.24) is 5.32 Å². The molecule has 0 aliphatic heterocycles. The van der Waals surface area contributed by atoms with Gasteiger partial charge in [-0.05, 0) is 48.8 Å². The molecule has 1 aliphatic rings. The van der Waals surface area contributed by atoms with Crippen molar-refractivity contribution in [2.45, 2.75) is 65.5 Å². The molecule has 3 atom stereocenters. The average Bonchev–Trinajstić information content (AvgIpc) is 2.38. The zero-order chi connectivity index (χ0) is 14.8. The Labute approximate surface area is 123 Å². The van der Waals surface area contributed by atoms with Crippen molar-refractivity contribution in [2.24, 2.45) is 11.3 Å². The summed E-state index contributed by atoms with van der Waals surface area (Å²) in [5.74, 6) is 0.555. The van der Waals surface area contributed by atoms with Crippen LogP contribution in [0.15, 0.2) is 24.3 Å². The van der Waals surface area contributed by atoms with E-state index in [1.54, 1.807) is 12.1 Å². The van der Waals surface area contributed by atoms with Crippen LogP contribution in [0.2, 0.25) is 0 Å². The van der Waals surface area contributed by atoms with Crippen LogP contribution in [-0.2, 0) is 0 Å². The molecule has 1 aromatic carbocycles. The molecule has 0 bridgehead atoms. The number of rotatable bonds is 3. The van der Waals surface area contributed by atoms with E-state index in [2.05, 4.69) is 33.0 Å². The van der Waals surface area contributed by atoms with Crippen molar-refractivity contribution in [2.75, 3.05) is 0 Å². The topological polar surface area (TPSA) is 12.0 Å². The summed E-state index contributed by atoms with van der Waals surface area (Å²) in [4.78, 5) is 0. The highest BCUT2D eigenvalue weighted by Crippen LogP contribution is 2.38. The monoisotopic (exact) mass is 277 g/mol. The molecule has 1 saturated carbocycles. The summed E-state index contributed by atoms with van der Waals surface area (Å²) in [5.41, 5.74) is 1.38. The number of nitrogens with one attached hydrogen (secondary N) is 1. The summed E-state index contributed by atoms with van der Waals surface area (Å²) in [6.07, 6.45) is 5.19. The molecule has 0 spiro atoms. The van der Waals surface area contributed by atoms with Gasteiger partial charge < -0.3 is 5.32 Å². The molecule has 20 heavy (non-hydrogen) atoms. The molecule has 1 fully saturated rings. The smallest absolute Gasteiger partial charge is 0.123 e. The fraction of sp³-hybridized carbons (Fsp3) is 0.667. The Morgan fingerprint density at radius 2 is 1.90 bits per heavy atom. The van der Waals surface area contributed by atoms with E-state index < -0.39 is 0 Å². The Hall–Kier alpha value is -0.890. The van der Waals surface area contributed by atoms with Crippen LogP contribution in [0.4, 0.5) is 4.39 Å². The molecule has 112 valence electrons. The highest BCUT2D eigenvalue weighted by atomic mass is 19.1. The van der Waals surface area contributed by atoms with Gasteiger partial charge in [-0.3, -0.25) is 0 Å². The van der Waals surface area contributed by atoms with Gasteiger partial charge in [-0.25, -0.2) is 4.39 Å². The second kappa shape index (κ2) is 6.26. The Morgan fingerprint density at radius 1 is 1.20 bits per heavy atom. The van der Waals surface area contributed by atoms with Crippen LogP contribution in [0.5, 0.6) is 0 Å². The summed E-state index contributed by atoms with van der Waals surface area (Å²) in [6.45, 7) is 9.16. The van der Waals surface area contributed by atoms with Crippen molar-refractivity contribution < 1.29 is 4.39 Å².